The van der Waals surface area contributed by atoms with Crippen LogP contribution in [0.2, 0.25) is 0 Å². The number of nitrogens with one attached hydrogen (secondary N) is 2. The first kappa shape index (κ1) is 15.1. The first-order valence-corrected chi connectivity index (χ1v) is 7.68. The Morgan fingerprint density at radius 1 is 1.10 bits per heavy atom. The Kier molecular flexibility index (Phi) is 5.20. The Bertz CT molecular complexity index is 612. The molecule has 0 radical (unpaired) electrons. The van der Waals surface area contributed by atoms with Crippen molar-refractivity contribution in [1.82, 2.24) is 0 Å². The second-order valence-corrected chi connectivity index (χ2v) is 6.13. The fraction of sp³-hybridized carbons (Fsp3) is 0.133. The third-order valence-corrected chi connectivity index (χ3v) is 3.84. The molecule has 5 heteroatoms. The smallest absolute Gasteiger partial charge is 0.221 e. The van der Waals surface area contributed by atoms with E-state index >= 15 is 0 Å². The van der Waals surface area contributed by atoms with Gasteiger partial charge in [0.1, 0.15) is 0 Å². The minimum absolute atomic E-state index is 0.0605. The molecule has 0 aliphatic heterocycles. The minimum atomic E-state index is -0.0605. The first-order chi connectivity index (χ1) is 9.54. The molecule has 0 aliphatic carbocycles. The number of hydrogen-bond donors (Lipinski definition) is 2. The van der Waals surface area contributed by atoms with E-state index < -0.39 is 0 Å². The van der Waals surface area contributed by atoms with Crippen molar-refractivity contribution in [1.29, 1.82) is 0 Å². The fourth-order valence-corrected chi connectivity index (χ4v) is 2.93. The number of carbonyl (C=O) groups excluding carboxylic acids is 1. The molecule has 1 amide bonds. The summed E-state index contributed by atoms with van der Waals surface area (Å²) in [6.45, 7) is 2.22. The summed E-state index contributed by atoms with van der Waals surface area (Å²) in [4.78, 5) is 10.9. The van der Waals surface area contributed by atoms with Crippen LogP contribution in [0.1, 0.15) is 12.5 Å². The van der Waals surface area contributed by atoms with Crippen LogP contribution in [0.4, 0.5) is 11.4 Å². The number of halogens is 2. The first-order valence-electron chi connectivity index (χ1n) is 6.10. The summed E-state index contributed by atoms with van der Waals surface area (Å²) in [6.07, 6.45) is 0. The van der Waals surface area contributed by atoms with Crippen LogP contribution in [-0.4, -0.2) is 5.91 Å². The molecule has 3 nitrogen and oxygen atoms in total. The predicted octanol–water partition coefficient (Wildman–Crippen LogP) is 4.78. The SMILES string of the molecule is CC(=O)Nc1ccc(CNc2ccc(Br)cc2Br)cc1. The summed E-state index contributed by atoms with van der Waals surface area (Å²) in [5, 5.41) is 6.11. The summed E-state index contributed by atoms with van der Waals surface area (Å²) in [5.41, 5.74) is 3.00. The molecule has 104 valence electrons. The third-order valence-electron chi connectivity index (χ3n) is 2.69. The molecule has 2 aromatic rings. The van der Waals surface area contributed by atoms with E-state index in [1.807, 2.05) is 42.5 Å². The van der Waals surface area contributed by atoms with Gasteiger partial charge in [-0.05, 0) is 51.8 Å². The van der Waals surface area contributed by atoms with Crippen LogP contribution >= 0.6 is 31.9 Å². The molecule has 0 saturated carbocycles. The van der Waals surface area contributed by atoms with Gasteiger partial charge in [0.2, 0.25) is 5.91 Å². The van der Waals surface area contributed by atoms with E-state index in [2.05, 4.69) is 42.5 Å². The van der Waals surface area contributed by atoms with Crippen molar-refractivity contribution in [3.8, 4) is 0 Å². The van der Waals surface area contributed by atoms with Gasteiger partial charge in [0, 0.05) is 33.8 Å². The Hall–Kier alpha value is -1.33. The number of amides is 1. The van der Waals surface area contributed by atoms with Gasteiger partial charge in [-0.2, -0.15) is 0 Å². The van der Waals surface area contributed by atoms with Gasteiger partial charge < -0.3 is 10.6 Å². The van der Waals surface area contributed by atoms with Crippen LogP contribution in [-0.2, 0) is 11.3 Å². The van der Waals surface area contributed by atoms with Crippen LogP contribution in [0, 0.1) is 0 Å². The number of carbonyl (C=O) groups is 1. The van der Waals surface area contributed by atoms with Gasteiger partial charge >= 0.3 is 0 Å². The highest BCUT2D eigenvalue weighted by atomic mass is 79.9. The Morgan fingerprint density at radius 3 is 2.40 bits per heavy atom. The van der Waals surface area contributed by atoms with Gasteiger partial charge in [-0.1, -0.05) is 28.1 Å². The molecule has 0 bridgehead atoms. The molecule has 0 aliphatic rings. The van der Waals surface area contributed by atoms with E-state index in [0.717, 1.165) is 32.4 Å². The van der Waals surface area contributed by atoms with Crippen molar-refractivity contribution in [2.75, 3.05) is 10.6 Å². The van der Waals surface area contributed by atoms with Gasteiger partial charge in [0.25, 0.3) is 0 Å². The van der Waals surface area contributed by atoms with Crippen LogP contribution < -0.4 is 10.6 Å². The Labute approximate surface area is 135 Å². The maximum atomic E-state index is 10.9. The zero-order chi connectivity index (χ0) is 14.5. The van der Waals surface area contributed by atoms with E-state index in [4.69, 9.17) is 0 Å². The molecule has 2 N–H and O–H groups in total. The highest BCUT2D eigenvalue weighted by Gasteiger charge is 2.01. The van der Waals surface area contributed by atoms with Gasteiger partial charge in [0.15, 0.2) is 0 Å². The van der Waals surface area contributed by atoms with Crippen molar-refractivity contribution in [3.05, 3.63) is 57.0 Å². The zero-order valence-corrected chi connectivity index (χ0v) is 14.1. The summed E-state index contributed by atoms with van der Waals surface area (Å²) in [5.74, 6) is -0.0605. The molecular formula is C15H14Br2N2O. The summed E-state index contributed by atoms with van der Waals surface area (Å²) in [7, 11) is 0. The molecule has 0 heterocycles. The second kappa shape index (κ2) is 6.90. The van der Waals surface area contributed by atoms with Crippen LogP contribution in [0.3, 0.4) is 0 Å². The highest BCUT2D eigenvalue weighted by molar-refractivity contribution is 9.11. The molecule has 0 fully saturated rings. The third kappa shape index (κ3) is 4.35. The second-order valence-electron chi connectivity index (χ2n) is 4.36. The van der Waals surface area contributed by atoms with E-state index in [-0.39, 0.29) is 5.91 Å². The lowest BCUT2D eigenvalue weighted by Gasteiger charge is -2.10. The lowest BCUT2D eigenvalue weighted by atomic mass is 10.2. The monoisotopic (exact) mass is 396 g/mol. The molecule has 2 aromatic carbocycles. The number of benzene rings is 2. The van der Waals surface area contributed by atoms with E-state index in [0.29, 0.717) is 0 Å². The van der Waals surface area contributed by atoms with E-state index in [1.165, 1.54) is 6.92 Å². The molecule has 0 saturated heterocycles. The number of hydrogen-bond acceptors (Lipinski definition) is 2. The lowest BCUT2D eigenvalue weighted by Crippen LogP contribution is -2.06. The largest absolute Gasteiger partial charge is 0.380 e. The predicted molar refractivity (Wildman–Crippen MR) is 89.9 cm³/mol. The van der Waals surface area contributed by atoms with Crippen LogP contribution in [0.15, 0.2) is 51.4 Å². The van der Waals surface area contributed by atoms with Crippen molar-refractivity contribution in [3.63, 3.8) is 0 Å². The molecule has 2 rings (SSSR count). The molecule has 0 atom stereocenters. The van der Waals surface area contributed by atoms with Crippen molar-refractivity contribution in [2.45, 2.75) is 13.5 Å². The molecule has 0 unspecified atom stereocenters. The fourth-order valence-electron chi connectivity index (χ4n) is 1.74. The van der Waals surface area contributed by atoms with Crippen LogP contribution in [0.25, 0.3) is 0 Å². The molecule has 0 spiro atoms. The average molecular weight is 398 g/mol. The number of rotatable bonds is 4. The number of anilines is 2. The summed E-state index contributed by atoms with van der Waals surface area (Å²) >= 11 is 6.95. The minimum Gasteiger partial charge on any atom is -0.380 e. The lowest BCUT2D eigenvalue weighted by molar-refractivity contribution is -0.114. The van der Waals surface area contributed by atoms with Gasteiger partial charge in [-0.3, -0.25) is 4.79 Å². The average Bonchev–Trinajstić information content (AvgIpc) is 2.39. The maximum Gasteiger partial charge on any atom is 0.221 e. The summed E-state index contributed by atoms with van der Waals surface area (Å²) in [6, 6.07) is 13.8. The van der Waals surface area contributed by atoms with Gasteiger partial charge in [-0.25, -0.2) is 0 Å². The van der Waals surface area contributed by atoms with E-state index in [1.54, 1.807) is 0 Å². The Balaban J connectivity index is 1.98. The normalized spacial score (nSPS) is 10.2. The van der Waals surface area contributed by atoms with E-state index in [9.17, 15) is 4.79 Å². The summed E-state index contributed by atoms with van der Waals surface area (Å²) < 4.78 is 2.05. The van der Waals surface area contributed by atoms with Gasteiger partial charge in [0.05, 0.1) is 0 Å². The quantitative estimate of drug-likeness (QED) is 0.779. The Morgan fingerprint density at radius 2 is 1.80 bits per heavy atom. The highest BCUT2D eigenvalue weighted by Crippen LogP contribution is 2.26. The molecule has 0 aromatic heterocycles. The molecular weight excluding hydrogens is 384 g/mol. The molecule has 20 heavy (non-hydrogen) atoms. The van der Waals surface area contributed by atoms with Crippen molar-refractivity contribution >= 4 is 49.1 Å². The zero-order valence-electron chi connectivity index (χ0n) is 10.9. The van der Waals surface area contributed by atoms with Crippen molar-refractivity contribution in [2.24, 2.45) is 0 Å². The maximum absolute atomic E-state index is 10.9. The standard InChI is InChI=1S/C15H14Br2N2O/c1-10(20)19-13-5-2-11(3-6-13)9-18-15-7-4-12(16)8-14(15)17/h2-8,18H,9H2,1H3,(H,19,20). The topological polar surface area (TPSA) is 41.1 Å². The van der Waals surface area contributed by atoms with Gasteiger partial charge in [-0.15, -0.1) is 0 Å². The van der Waals surface area contributed by atoms with Crippen molar-refractivity contribution < 1.29 is 4.79 Å². The van der Waals surface area contributed by atoms with Crippen LogP contribution in [0.5, 0.6) is 0 Å².